The lowest BCUT2D eigenvalue weighted by atomic mass is 10.0. The van der Waals surface area contributed by atoms with Gasteiger partial charge in [0.2, 0.25) is 11.7 Å². The van der Waals surface area contributed by atoms with Crippen LogP contribution in [-0.4, -0.2) is 22.6 Å². The number of phenolic OH excluding ortho intramolecular Hbond substituents is 1. The average Bonchev–Trinajstić information content (AvgIpc) is 2.38. The lowest BCUT2D eigenvalue weighted by Gasteiger charge is -2.24. The molecule has 5 heteroatoms. The van der Waals surface area contributed by atoms with Gasteiger partial charge in [-0.2, -0.15) is 0 Å². The molecule has 0 saturated heterocycles. The molecule has 0 spiro atoms. The third-order valence-electron chi connectivity index (χ3n) is 2.92. The molecule has 0 atom stereocenters. The van der Waals surface area contributed by atoms with E-state index < -0.39 is 11.7 Å². The number of allylic oxidation sites excluding steroid dienone is 3. The van der Waals surface area contributed by atoms with Crippen molar-refractivity contribution < 1.29 is 19.5 Å². The summed E-state index contributed by atoms with van der Waals surface area (Å²) in [6.07, 6.45) is 2.37. The van der Waals surface area contributed by atoms with E-state index in [0.717, 1.165) is 11.0 Å². The van der Waals surface area contributed by atoms with Crippen molar-refractivity contribution in [2.24, 2.45) is 0 Å². The summed E-state index contributed by atoms with van der Waals surface area (Å²) in [6, 6.07) is 5.81. The fraction of sp³-hybridized carbons (Fsp3) is 0.133. The number of nitrogens with zero attached hydrogens (tertiary/aromatic N) is 1. The van der Waals surface area contributed by atoms with Gasteiger partial charge in [-0.3, -0.25) is 19.3 Å². The second-order valence-electron chi connectivity index (χ2n) is 4.46. The van der Waals surface area contributed by atoms with Crippen LogP contribution in [0.4, 0.5) is 5.69 Å². The molecule has 1 aliphatic rings. The Kier molecular flexibility index (Phi) is 3.52. The van der Waals surface area contributed by atoms with Crippen LogP contribution in [0.1, 0.15) is 13.8 Å². The number of rotatable bonds is 2. The molecular weight excluding hydrogens is 258 g/mol. The van der Waals surface area contributed by atoms with Gasteiger partial charge in [0, 0.05) is 24.3 Å². The first-order chi connectivity index (χ1) is 9.40. The lowest BCUT2D eigenvalue weighted by Crippen LogP contribution is -2.33. The molecule has 1 aromatic carbocycles. The Bertz CT molecular complexity index is 653. The smallest absolute Gasteiger partial charge is 0.228 e. The Hall–Kier alpha value is -2.69. The van der Waals surface area contributed by atoms with Crippen molar-refractivity contribution in [3.8, 4) is 5.75 Å². The van der Waals surface area contributed by atoms with E-state index in [1.807, 2.05) is 0 Å². The number of ketones is 2. The van der Waals surface area contributed by atoms with E-state index in [0.29, 0.717) is 11.3 Å². The largest absolute Gasteiger partial charge is 0.508 e. The van der Waals surface area contributed by atoms with Crippen LogP contribution < -0.4 is 4.90 Å². The van der Waals surface area contributed by atoms with Gasteiger partial charge < -0.3 is 5.11 Å². The van der Waals surface area contributed by atoms with Gasteiger partial charge in [0.25, 0.3) is 0 Å². The maximum Gasteiger partial charge on any atom is 0.228 e. The highest BCUT2D eigenvalue weighted by Gasteiger charge is 2.26. The fourth-order valence-corrected chi connectivity index (χ4v) is 1.92. The number of hydrogen-bond acceptors (Lipinski definition) is 4. The number of hydrogen-bond donors (Lipinski definition) is 1. The summed E-state index contributed by atoms with van der Waals surface area (Å²) in [6.45, 7) is 2.85. The highest BCUT2D eigenvalue weighted by atomic mass is 16.3. The van der Waals surface area contributed by atoms with E-state index in [1.54, 1.807) is 6.92 Å². The first-order valence-electron chi connectivity index (χ1n) is 5.98. The first kappa shape index (κ1) is 13.7. The number of aromatic hydroxyl groups is 1. The summed E-state index contributed by atoms with van der Waals surface area (Å²) in [5.74, 6) is -1.04. The SMILES string of the molecule is CC(=O)N(C1=CC(=O)C(C)=CC1=O)c1ccc(O)cc1. The topological polar surface area (TPSA) is 74.7 Å². The van der Waals surface area contributed by atoms with E-state index in [1.165, 1.54) is 37.3 Å². The molecule has 0 fully saturated rings. The predicted molar refractivity (Wildman–Crippen MR) is 73.1 cm³/mol. The van der Waals surface area contributed by atoms with Crippen molar-refractivity contribution in [2.45, 2.75) is 13.8 Å². The maximum atomic E-state index is 12.0. The standard InChI is InChI=1S/C15H13NO4/c1-9-7-15(20)13(8-14(9)19)16(10(2)17)11-3-5-12(18)6-4-11/h3-8,18H,1-2H3. The summed E-state index contributed by atoms with van der Waals surface area (Å²) < 4.78 is 0. The van der Waals surface area contributed by atoms with Gasteiger partial charge >= 0.3 is 0 Å². The summed E-state index contributed by atoms with van der Waals surface area (Å²) in [4.78, 5) is 36.6. The van der Waals surface area contributed by atoms with E-state index in [-0.39, 0.29) is 17.2 Å². The molecule has 0 saturated carbocycles. The zero-order chi connectivity index (χ0) is 14.9. The minimum absolute atomic E-state index is 0.0128. The van der Waals surface area contributed by atoms with Crippen LogP contribution in [0, 0.1) is 0 Å². The fourth-order valence-electron chi connectivity index (χ4n) is 1.92. The van der Waals surface area contributed by atoms with Crippen molar-refractivity contribution in [3.05, 3.63) is 47.7 Å². The molecule has 0 bridgehead atoms. The Labute approximate surface area is 115 Å². The van der Waals surface area contributed by atoms with Crippen molar-refractivity contribution in [3.63, 3.8) is 0 Å². The second kappa shape index (κ2) is 5.13. The lowest BCUT2D eigenvalue weighted by molar-refractivity contribution is -0.118. The minimum atomic E-state index is -0.398. The molecule has 1 aromatic rings. The van der Waals surface area contributed by atoms with Crippen LogP contribution in [0.15, 0.2) is 47.7 Å². The van der Waals surface area contributed by atoms with Crippen LogP contribution in [0.3, 0.4) is 0 Å². The number of benzene rings is 1. The molecule has 1 N–H and O–H groups in total. The number of amides is 1. The first-order valence-corrected chi connectivity index (χ1v) is 5.98. The number of anilines is 1. The van der Waals surface area contributed by atoms with Crippen LogP contribution in [-0.2, 0) is 14.4 Å². The molecule has 20 heavy (non-hydrogen) atoms. The Balaban J connectivity index is 2.48. The van der Waals surface area contributed by atoms with Gasteiger partial charge in [0.1, 0.15) is 11.4 Å². The molecule has 102 valence electrons. The summed E-state index contributed by atoms with van der Waals surface area (Å²) in [5, 5.41) is 9.27. The molecular formula is C15H13NO4. The quantitative estimate of drug-likeness (QED) is 0.831. The normalized spacial score (nSPS) is 14.7. The van der Waals surface area contributed by atoms with Crippen molar-refractivity contribution in [1.82, 2.24) is 0 Å². The van der Waals surface area contributed by atoms with Gasteiger partial charge in [-0.1, -0.05) is 0 Å². The summed E-state index contributed by atoms with van der Waals surface area (Å²) in [7, 11) is 0. The molecule has 1 amide bonds. The average molecular weight is 271 g/mol. The van der Waals surface area contributed by atoms with Gasteiger partial charge in [0.15, 0.2) is 5.78 Å². The number of phenols is 1. The minimum Gasteiger partial charge on any atom is -0.508 e. The van der Waals surface area contributed by atoms with Gasteiger partial charge in [-0.25, -0.2) is 0 Å². The van der Waals surface area contributed by atoms with Gasteiger partial charge in [0.05, 0.1) is 0 Å². The molecule has 1 aliphatic carbocycles. The van der Waals surface area contributed by atoms with E-state index in [9.17, 15) is 19.5 Å². The zero-order valence-corrected chi connectivity index (χ0v) is 11.1. The van der Waals surface area contributed by atoms with Crippen molar-refractivity contribution in [2.75, 3.05) is 4.90 Å². The monoisotopic (exact) mass is 271 g/mol. The van der Waals surface area contributed by atoms with Crippen LogP contribution in [0.2, 0.25) is 0 Å². The third-order valence-corrected chi connectivity index (χ3v) is 2.92. The van der Waals surface area contributed by atoms with Gasteiger partial charge in [-0.05, 0) is 37.3 Å². The Morgan fingerprint density at radius 3 is 2.20 bits per heavy atom. The molecule has 0 aromatic heterocycles. The molecule has 0 unspecified atom stereocenters. The van der Waals surface area contributed by atoms with E-state index in [4.69, 9.17) is 0 Å². The third kappa shape index (κ3) is 2.51. The highest BCUT2D eigenvalue weighted by molar-refractivity contribution is 6.23. The Morgan fingerprint density at radius 1 is 1.05 bits per heavy atom. The van der Waals surface area contributed by atoms with Crippen LogP contribution in [0.25, 0.3) is 0 Å². The molecule has 0 radical (unpaired) electrons. The van der Waals surface area contributed by atoms with Crippen LogP contribution >= 0.6 is 0 Å². The second-order valence-corrected chi connectivity index (χ2v) is 4.46. The van der Waals surface area contributed by atoms with Gasteiger partial charge in [-0.15, -0.1) is 0 Å². The van der Waals surface area contributed by atoms with Crippen molar-refractivity contribution >= 4 is 23.2 Å². The predicted octanol–water partition coefficient (Wildman–Crippen LogP) is 1.73. The summed E-state index contributed by atoms with van der Waals surface area (Å²) >= 11 is 0. The highest BCUT2D eigenvalue weighted by Crippen LogP contribution is 2.25. The molecule has 5 nitrogen and oxygen atoms in total. The Morgan fingerprint density at radius 2 is 1.65 bits per heavy atom. The number of carbonyl (C=O) groups excluding carboxylic acids is 3. The van der Waals surface area contributed by atoms with Crippen LogP contribution in [0.5, 0.6) is 5.75 Å². The van der Waals surface area contributed by atoms with E-state index in [2.05, 4.69) is 0 Å². The maximum absolute atomic E-state index is 12.0. The van der Waals surface area contributed by atoms with E-state index >= 15 is 0 Å². The molecule has 0 aliphatic heterocycles. The molecule has 0 heterocycles. The molecule has 2 rings (SSSR count). The van der Waals surface area contributed by atoms with Crippen molar-refractivity contribution in [1.29, 1.82) is 0 Å². The zero-order valence-electron chi connectivity index (χ0n) is 11.1. The number of carbonyl (C=O) groups is 3. The summed E-state index contributed by atoms with van der Waals surface area (Å²) in [5.41, 5.74) is 0.766.